The van der Waals surface area contributed by atoms with Crippen LogP contribution in [0.1, 0.15) is 39.5 Å². The summed E-state index contributed by atoms with van der Waals surface area (Å²) in [5, 5.41) is 11.4. The third-order valence-electron chi connectivity index (χ3n) is 3.15. The molecular formula is C11H20N2O3. The molecule has 16 heavy (non-hydrogen) atoms. The molecule has 0 aromatic heterocycles. The smallest absolute Gasteiger partial charge is 0.328 e. The summed E-state index contributed by atoms with van der Waals surface area (Å²) in [6, 6.07) is -0.0519. The SMILES string of the molecule is CN(C(=O)NC(C)(C)C(=O)O)C1CCCC1. The van der Waals surface area contributed by atoms with Gasteiger partial charge in [-0.15, -0.1) is 0 Å². The molecule has 1 aliphatic rings. The summed E-state index contributed by atoms with van der Waals surface area (Å²) in [6.07, 6.45) is 4.31. The molecule has 1 fully saturated rings. The van der Waals surface area contributed by atoms with Crippen LogP contribution in [0.15, 0.2) is 0 Å². The van der Waals surface area contributed by atoms with E-state index in [-0.39, 0.29) is 12.1 Å². The van der Waals surface area contributed by atoms with Gasteiger partial charge in [-0.25, -0.2) is 9.59 Å². The van der Waals surface area contributed by atoms with E-state index in [9.17, 15) is 9.59 Å². The number of carbonyl (C=O) groups is 2. The van der Waals surface area contributed by atoms with Crippen molar-refractivity contribution in [2.45, 2.75) is 51.1 Å². The highest BCUT2D eigenvalue weighted by Crippen LogP contribution is 2.22. The Balaban J connectivity index is 2.54. The quantitative estimate of drug-likeness (QED) is 0.767. The molecule has 0 unspecified atom stereocenters. The Kier molecular flexibility index (Phi) is 3.78. The lowest BCUT2D eigenvalue weighted by Gasteiger charge is -2.29. The number of nitrogens with zero attached hydrogens (tertiary/aromatic N) is 1. The fourth-order valence-corrected chi connectivity index (χ4v) is 1.87. The van der Waals surface area contributed by atoms with Crippen molar-refractivity contribution in [1.82, 2.24) is 10.2 Å². The van der Waals surface area contributed by atoms with Gasteiger partial charge in [0.15, 0.2) is 0 Å². The number of amides is 2. The van der Waals surface area contributed by atoms with Crippen molar-refractivity contribution in [2.75, 3.05) is 7.05 Å². The highest BCUT2D eigenvalue weighted by molar-refractivity contribution is 5.85. The summed E-state index contributed by atoms with van der Waals surface area (Å²) in [5.74, 6) is -1.03. The summed E-state index contributed by atoms with van der Waals surface area (Å²) in [4.78, 5) is 24.3. The lowest BCUT2D eigenvalue weighted by atomic mass is 10.1. The molecule has 1 aliphatic carbocycles. The molecule has 0 atom stereocenters. The summed E-state index contributed by atoms with van der Waals surface area (Å²) >= 11 is 0. The van der Waals surface area contributed by atoms with Crippen LogP contribution in [0.3, 0.4) is 0 Å². The molecule has 0 radical (unpaired) electrons. The molecule has 0 aromatic carbocycles. The minimum absolute atomic E-state index is 0.254. The molecule has 0 heterocycles. The standard InChI is InChI=1S/C11H20N2O3/c1-11(2,9(14)15)12-10(16)13(3)8-6-4-5-7-8/h8H,4-7H2,1-3H3,(H,12,16)(H,14,15). The second-order valence-electron chi connectivity index (χ2n) is 4.91. The molecule has 5 nitrogen and oxygen atoms in total. The zero-order chi connectivity index (χ0) is 12.3. The van der Waals surface area contributed by atoms with Crippen LogP contribution in [-0.2, 0) is 4.79 Å². The number of rotatable bonds is 3. The van der Waals surface area contributed by atoms with Crippen molar-refractivity contribution in [3.8, 4) is 0 Å². The van der Waals surface area contributed by atoms with Gasteiger partial charge in [-0.1, -0.05) is 12.8 Å². The fraction of sp³-hybridized carbons (Fsp3) is 0.818. The monoisotopic (exact) mass is 228 g/mol. The topological polar surface area (TPSA) is 69.6 Å². The highest BCUT2D eigenvalue weighted by Gasteiger charge is 2.32. The van der Waals surface area contributed by atoms with Gasteiger partial charge in [-0.05, 0) is 26.7 Å². The Hall–Kier alpha value is -1.26. The van der Waals surface area contributed by atoms with Crippen LogP contribution >= 0.6 is 0 Å². The van der Waals surface area contributed by atoms with Crippen molar-refractivity contribution < 1.29 is 14.7 Å². The second-order valence-corrected chi connectivity index (χ2v) is 4.91. The Labute approximate surface area is 95.8 Å². The van der Waals surface area contributed by atoms with Gasteiger partial charge in [0.05, 0.1) is 0 Å². The zero-order valence-electron chi connectivity index (χ0n) is 10.1. The van der Waals surface area contributed by atoms with E-state index in [0.717, 1.165) is 25.7 Å². The molecule has 0 bridgehead atoms. The number of hydrogen-bond donors (Lipinski definition) is 2. The van der Waals surface area contributed by atoms with Gasteiger partial charge in [-0.2, -0.15) is 0 Å². The lowest BCUT2D eigenvalue weighted by molar-refractivity contribution is -0.143. The van der Waals surface area contributed by atoms with E-state index in [1.54, 1.807) is 11.9 Å². The molecule has 0 aromatic rings. The maximum absolute atomic E-state index is 11.8. The Bertz CT molecular complexity index is 283. The van der Waals surface area contributed by atoms with Crippen molar-refractivity contribution in [3.63, 3.8) is 0 Å². The number of nitrogens with one attached hydrogen (secondary N) is 1. The van der Waals surface area contributed by atoms with E-state index in [2.05, 4.69) is 5.32 Å². The van der Waals surface area contributed by atoms with Crippen LogP contribution in [0, 0.1) is 0 Å². The van der Waals surface area contributed by atoms with Crippen LogP contribution < -0.4 is 5.32 Å². The Morgan fingerprint density at radius 2 is 1.81 bits per heavy atom. The maximum Gasteiger partial charge on any atom is 0.328 e. The maximum atomic E-state index is 11.8. The van der Waals surface area contributed by atoms with Gasteiger partial charge in [0.2, 0.25) is 0 Å². The third kappa shape index (κ3) is 2.87. The zero-order valence-corrected chi connectivity index (χ0v) is 10.1. The molecule has 0 spiro atoms. The van der Waals surface area contributed by atoms with E-state index < -0.39 is 11.5 Å². The molecule has 0 saturated heterocycles. The van der Waals surface area contributed by atoms with E-state index in [1.165, 1.54) is 13.8 Å². The highest BCUT2D eigenvalue weighted by atomic mass is 16.4. The minimum Gasteiger partial charge on any atom is -0.480 e. The van der Waals surface area contributed by atoms with Crippen molar-refractivity contribution in [3.05, 3.63) is 0 Å². The molecule has 2 amide bonds. The van der Waals surface area contributed by atoms with Gasteiger partial charge in [0, 0.05) is 13.1 Å². The Morgan fingerprint density at radius 1 is 1.31 bits per heavy atom. The first kappa shape index (κ1) is 12.8. The number of hydrogen-bond acceptors (Lipinski definition) is 2. The summed E-state index contributed by atoms with van der Waals surface area (Å²) in [7, 11) is 1.73. The molecule has 0 aliphatic heterocycles. The molecular weight excluding hydrogens is 208 g/mol. The van der Waals surface area contributed by atoms with E-state index in [4.69, 9.17) is 5.11 Å². The van der Waals surface area contributed by atoms with E-state index >= 15 is 0 Å². The van der Waals surface area contributed by atoms with Crippen molar-refractivity contribution in [2.24, 2.45) is 0 Å². The largest absolute Gasteiger partial charge is 0.480 e. The third-order valence-corrected chi connectivity index (χ3v) is 3.15. The van der Waals surface area contributed by atoms with Gasteiger partial charge in [0.1, 0.15) is 5.54 Å². The Morgan fingerprint density at radius 3 is 2.25 bits per heavy atom. The number of carboxylic acids is 1. The molecule has 5 heteroatoms. The molecule has 1 rings (SSSR count). The van der Waals surface area contributed by atoms with Crippen LogP contribution in [0.2, 0.25) is 0 Å². The van der Waals surface area contributed by atoms with Crippen LogP contribution in [0.4, 0.5) is 4.79 Å². The second kappa shape index (κ2) is 4.72. The first-order valence-electron chi connectivity index (χ1n) is 5.63. The predicted octanol–water partition coefficient (Wildman–Crippen LogP) is 1.43. The van der Waals surface area contributed by atoms with Crippen LogP contribution in [0.5, 0.6) is 0 Å². The first-order valence-corrected chi connectivity index (χ1v) is 5.63. The van der Waals surface area contributed by atoms with Crippen molar-refractivity contribution in [1.29, 1.82) is 0 Å². The van der Waals surface area contributed by atoms with Crippen LogP contribution in [0.25, 0.3) is 0 Å². The normalized spacial score (nSPS) is 17.2. The van der Waals surface area contributed by atoms with Crippen LogP contribution in [-0.4, -0.2) is 40.6 Å². The van der Waals surface area contributed by atoms with Gasteiger partial charge in [-0.3, -0.25) is 0 Å². The average molecular weight is 228 g/mol. The first-order chi connectivity index (χ1) is 7.34. The summed E-state index contributed by atoms with van der Waals surface area (Å²) < 4.78 is 0. The van der Waals surface area contributed by atoms with Gasteiger partial charge < -0.3 is 15.3 Å². The van der Waals surface area contributed by atoms with Gasteiger partial charge >= 0.3 is 12.0 Å². The molecule has 2 N–H and O–H groups in total. The number of aliphatic carboxylic acids is 1. The number of carbonyl (C=O) groups excluding carboxylic acids is 1. The lowest BCUT2D eigenvalue weighted by Crippen LogP contribution is -2.55. The molecule has 1 saturated carbocycles. The summed E-state index contributed by atoms with van der Waals surface area (Å²) in [6.45, 7) is 2.96. The predicted molar refractivity (Wildman–Crippen MR) is 60.3 cm³/mol. The average Bonchev–Trinajstić information content (AvgIpc) is 2.68. The minimum atomic E-state index is -1.22. The van der Waals surface area contributed by atoms with Crippen molar-refractivity contribution >= 4 is 12.0 Å². The number of urea groups is 1. The fourth-order valence-electron chi connectivity index (χ4n) is 1.87. The summed E-state index contributed by atoms with van der Waals surface area (Å²) in [5.41, 5.74) is -1.22. The van der Waals surface area contributed by atoms with E-state index in [1.807, 2.05) is 0 Å². The van der Waals surface area contributed by atoms with Gasteiger partial charge in [0.25, 0.3) is 0 Å². The van der Waals surface area contributed by atoms with E-state index in [0.29, 0.717) is 0 Å². The molecule has 92 valence electrons. The number of carboxylic acid groups (broad SMARTS) is 1.